The zero-order valence-electron chi connectivity index (χ0n) is 8.94. The van der Waals surface area contributed by atoms with Crippen LogP contribution in [0.15, 0.2) is 18.3 Å². The topological polar surface area (TPSA) is 96.6 Å². The molecule has 0 aliphatic carbocycles. The number of carboxylic acid groups (broad SMARTS) is 1. The Morgan fingerprint density at radius 2 is 2.35 bits per heavy atom. The lowest BCUT2D eigenvalue weighted by Crippen LogP contribution is -2.35. The summed E-state index contributed by atoms with van der Waals surface area (Å²) in [7, 11) is 0. The number of rotatable bonds is 3. The van der Waals surface area contributed by atoms with E-state index >= 15 is 0 Å². The number of aliphatic carboxylic acids is 1. The number of nitro groups is 1. The van der Waals surface area contributed by atoms with Crippen molar-refractivity contribution in [3.63, 3.8) is 0 Å². The van der Waals surface area contributed by atoms with Gasteiger partial charge in [-0.25, -0.2) is 4.79 Å². The Morgan fingerprint density at radius 3 is 2.88 bits per heavy atom. The molecule has 1 fully saturated rings. The van der Waals surface area contributed by atoms with Gasteiger partial charge < -0.3 is 20.1 Å². The van der Waals surface area contributed by atoms with Crippen molar-refractivity contribution in [2.75, 3.05) is 11.4 Å². The molecule has 1 N–H and O–H groups in total. The third kappa shape index (κ3) is 2.17. The van der Waals surface area contributed by atoms with Crippen LogP contribution in [-0.4, -0.2) is 33.6 Å². The van der Waals surface area contributed by atoms with Crippen molar-refractivity contribution in [3.05, 3.63) is 28.4 Å². The molecule has 0 amide bonds. The summed E-state index contributed by atoms with van der Waals surface area (Å²) in [5, 5.41) is 19.5. The minimum atomic E-state index is -0.874. The van der Waals surface area contributed by atoms with Crippen LogP contribution in [0.5, 0.6) is 0 Å². The molecule has 7 heteroatoms. The summed E-state index contributed by atoms with van der Waals surface area (Å²) in [6.45, 7) is 0.635. The van der Waals surface area contributed by atoms with Gasteiger partial charge in [0.2, 0.25) is 0 Å². The SMILES string of the molecule is O=C(O)[C@H]1CCCN1c1ccc([N+](=O)[O-])nc1. The molecule has 0 unspecified atom stereocenters. The van der Waals surface area contributed by atoms with Gasteiger partial charge in [0.05, 0.1) is 5.69 Å². The molecule has 2 rings (SSSR count). The number of anilines is 1. The normalized spacial score (nSPS) is 19.3. The van der Waals surface area contributed by atoms with Crippen molar-refractivity contribution in [1.82, 2.24) is 4.98 Å². The van der Waals surface area contributed by atoms with E-state index in [9.17, 15) is 14.9 Å². The van der Waals surface area contributed by atoms with E-state index in [-0.39, 0.29) is 5.82 Å². The molecule has 17 heavy (non-hydrogen) atoms. The van der Waals surface area contributed by atoms with Crippen LogP contribution >= 0.6 is 0 Å². The van der Waals surface area contributed by atoms with Crippen molar-refractivity contribution < 1.29 is 14.8 Å². The van der Waals surface area contributed by atoms with E-state index in [0.29, 0.717) is 18.7 Å². The van der Waals surface area contributed by atoms with Gasteiger partial charge in [-0.1, -0.05) is 0 Å². The highest BCUT2D eigenvalue weighted by Crippen LogP contribution is 2.25. The number of carboxylic acids is 1. The first-order valence-corrected chi connectivity index (χ1v) is 5.19. The summed E-state index contributed by atoms with van der Waals surface area (Å²) in [5.74, 6) is -1.11. The third-order valence-electron chi connectivity index (χ3n) is 2.79. The van der Waals surface area contributed by atoms with Crippen molar-refractivity contribution >= 4 is 17.5 Å². The van der Waals surface area contributed by atoms with Crippen molar-refractivity contribution in [2.24, 2.45) is 0 Å². The zero-order chi connectivity index (χ0) is 12.4. The lowest BCUT2D eigenvalue weighted by atomic mass is 10.2. The highest BCUT2D eigenvalue weighted by atomic mass is 16.6. The molecule has 0 radical (unpaired) electrons. The molecule has 1 aliphatic rings. The molecule has 0 saturated carbocycles. The van der Waals surface area contributed by atoms with Gasteiger partial charge in [0.1, 0.15) is 6.04 Å². The van der Waals surface area contributed by atoms with E-state index in [0.717, 1.165) is 6.42 Å². The molecule has 7 nitrogen and oxygen atoms in total. The van der Waals surface area contributed by atoms with E-state index in [4.69, 9.17) is 5.11 Å². The second-order valence-corrected chi connectivity index (χ2v) is 3.82. The maximum atomic E-state index is 11.0. The average Bonchev–Trinajstić information content (AvgIpc) is 2.78. The first-order valence-electron chi connectivity index (χ1n) is 5.19. The fourth-order valence-corrected chi connectivity index (χ4v) is 1.99. The van der Waals surface area contributed by atoms with Gasteiger partial charge in [-0.05, 0) is 28.8 Å². The molecule has 1 saturated heterocycles. The van der Waals surface area contributed by atoms with Crippen LogP contribution in [0.3, 0.4) is 0 Å². The summed E-state index contributed by atoms with van der Waals surface area (Å²) in [6, 6.07) is 2.26. The van der Waals surface area contributed by atoms with E-state index in [2.05, 4.69) is 4.98 Å². The van der Waals surface area contributed by atoms with Crippen LogP contribution in [0, 0.1) is 10.1 Å². The Labute approximate surface area is 96.8 Å². The van der Waals surface area contributed by atoms with Gasteiger partial charge in [-0.3, -0.25) is 0 Å². The quantitative estimate of drug-likeness (QED) is 0.623. The Kier molecular flexibility index (Phi) is 2.90. The second kappa shape index (κ2) is 4.36. The molecule has 90 valence electrons. The summed E-state index contributed by atoms with van der Waals surface area (Å²) in [6.07, 6.45) is 2.74. The first-order chi connectivity index (χ1) is 8.09. The van der Waals surface area contributed by atoms with Crippen LogP contribution in [0.25, 0.3) is 0 Å². The highest BCUT2D eigenvalue weighted by Gasteiger charge is 2.31. The van der Waals surface area contributed by atoms with E-state index in [1.54, 1.807) is 4.90 Å². The van der Waals surface area contributed by atoms with E-state index in [1.165, 1.54) is 18.3 Å². The Bertz CT molecular complexity index is 445. The highest BCUT2D eigenvalue weighted by molar-refractivity contribution is 5.78. The maximum Gasteiger partial charge on any atom is 0.363 e. The molecular weight excluding hydrogens is 226 g/mol. The van der Waals surface area contributed by atoms with Gasteiger partial charge in [-0.15, -0.1) is 0 Å². The van der Waals surface area contributed by atoms with Crippen LogP contribution in [-0.2, 0) is 4.79 Å². The molecule has 0 spiro atoms. The van der Waals surface area contributed by atoms with Crippen LogP contribution in [0.4, 0.5) is 11.5 Å². The van der Waals surface area contributed by atoms with Crippen molar-refractivity contribution in [3.8, 4) is 0 Å². The van der Waals surface area contributed by atoms with Crippen LogP contribution < -0.4 is 4.90 Å². The molecule has 1 aliphatic heterocycles. The number of carbonyl (C=O) groups is 1. The number of pyridine rings is 1. The summed E-state index contributed by atoms with van der Waals surface area (Å²) in [4.78, 5) is 26.2. The third-order valence-corrected chi connectivity index (χ3v) is 2.79. The number of aromatic nitrogens is 1. The number of hydrogen-bond acceptors (Lipinski definition) is 5. The summed E-state index contributed by atoms with van der Waals surface area (Å²) < 4.78 is 0. The van der Waals surface area contributed by atoms with Gasteiger partial charge >= 0.3 is 11.8 Å². The minimum Gasteiger partial charge on any atom is -0.480 e. The van der Waals surface area contributed by atoms with Crippen molar-refractivity contribution in [1.29, 1.82) is 0 Å². The predicted molar refractivity (Wildman–Crippen MR) is 58.9 cm³/mol. The Hall–Kier alpha value is -2.18. The molecular formula is C10H11N3O4. The van der Waals surface area contributed by atoms with Crippen LogP contribution in [0.1, 0.15) is 12.8 Å². The Morgan fingerprint density at radius 1 is 1.59 bits per heavy atom. The van der Waals surface area contributed by atoms with Gasteiger partial charge in [0.15, 0.2) is 6.20 Å². The standard InChI is InChI=1S/C10H11N3O4/c14-10(15)8-2-1-5-12(8)7-3-4-9(11-6-7)13(16)17/h3-4,6,8H,1-2,5H2,(H,14,15)/t8-/m1/s1. The zero-order valence-corrected chi connectivity index (χ0v) is 8.94. The monoisotopic (exact) mass is 237 g/mol. The smallest absolute Gasteiger partial charge is 0.363 e. The van der Waals surface area contributed by atoms with Crippen LogP contribution in [0.2, 0.25) is 0 Å². The fourth-order valence-electron chi connectivity index (χ4n) is 1.99. The molecule has 1 atom stereocenters. The number of nitrogens with zero attached hydrogens (tertiary/aromatic N) is 3. The Balaban J connectivity index is 2.22. The maximum absolute atomic E-state index is 11.0. The van der Waals surface area contributed by atoms with Gasteiger partial charge in [-0.2, -0.15) is 0 Å². The lowest BCUT2D eigenvalue weighted by Gasteiger charge is -2.21. The first kappa shape index (κ1) is 11.3. The molecule has 0 aromatic carbocycles. The summed E-state index contributed by atoms with van der Waals surface area (Å²) in [5.41, 5.74) is 0.612. The van der Waals surface area contributed by atoms with Gasteiger partial charge in [0.25, 0.3) is 0 Å². The average molecular weight is 237 g/mol. The largest absolute Gasteiger partial charge is 0.480 e. The summed E-state index contributed by atoms with van der Waals surface area (Å²) >= 11 is 0. The molecule has 2 heterocycles. The minimum absolute atomic E-state index is 0.236. The predicted octanol–water partition coefficient (Wildman–Crippen LogP) is 1.04. The molecule has 0 bridgehead atoms. The van der Waals surface area contributed by atoms with E-state index < -0.39 is 16.9 Å². The second-order valence-electron chi connectivity index (χ2n) is 3.82. The lowest BCUT2D eigenvalue weighted by molar-refractivity contribution is -0.389. The molecule has 1 aromatic rings. The van der Waals surface area contributed by atoms with Crippen molar-refractivity contribution in [2.45, 2.75) is 18.9 Å². The molecule has 1 aromatic heterocycles. The van der Waals surface area contributed by atoms with Gasteiger partial charge in [0, 0.05) is 12.6 Å². The number of hydrogen-bond donors (Lipinski definition) is 1. The fraction of sp³-hybridized carbons (Fsp3) is 0.400. The van der Waals surface area contributed by atoms with E-state index in [1.807, 2.05) is 0 Å².